The molecule has 0 amide bonds. The van der Waals surface area contributed by atoms with Crippen LogP contribution in [0.15, 0.2) is 368 Å². The van der Waals surface area contributed by atoms with Crippen LogP contribution in [0.2, 0.25) is 0 Å². The van der Waals surface area contributed by atoms with Gasteiger partial charge >= 0.3 is 6.18 Å². The van der Waals surface area contributed by atoms with Crippen LogP contribution in [0.1, 0.15) is 22.3 Å². The summed E-state index contributed by atoms with van der Waals surface area (Å²) in [6.07, 6.45) is -4.57. The van der Waals surface area contributed by atoms with E-state index >= 15 is 0 Å². The highest BCUT2D eigenvalue weighted by Crippen LogP contribution is 2.51. The Labute approximate surface area is 690 Å². The van der Waals surface area contributed by atoms with Gasteiger partial charge in [0.05, 0.1) is 44.4 Å². The molecule has 9 nitrogen and oxygen atoms in total. The maximum atomic E-state index is 14.6. The van der Waals surface area contributed by atoms with Crippen molar-refractivity contribution in [2.24, 2.45) is 0 Å². The van der Waals surface area contributed by atoms with Gasteiger partial charge in [0.1, 0.15) is 17.8 Å². The van der Waals surface area contributed by atoms with Gasteiger partial charge in [0, 0.05) is 103 Å². The number of nitrogens with zero attached hydrogens (tertiary/aromatic N) is 8. The van der Waals surface area contributed by atoms with Crippen molar-refractivity contribution in [3.8, 4) is 124 Å². The zero-order chi connectivity index (χ0) is 80.7. The summed E-state index contributed by atoms with van der Waals surface area (Å²) in [4.78, 5) is 30.4. The van der Waals surface area contributed by atoms with Crippen LogP contribution in [0, 0.1) is 13.8 Å². The molecule has 0 saturated heterocycles. The summed E-state index contributed by atoms with van der Waals surface area (Å²) in [6.45, 7) is 3.59. The Hall–Kier alpha value is -15.1. The highest BCUT2D eigenvalue weighted by Gasteiger charge is 2.33. The second-order valence-corrected chi connectivity index (χ2v) is 31.2. The van der Waals surface area contributed by atoms with Gasteiger partial charge in [-0.1, -0.05) is 290 Å². The Balaban J connectivity index is 0.000000149. The monoisotopic (exact) mass is 1580 g/mol. The van der Waals surface area contributed by atoms with Crippen LogP contribution in [0.3, 0.4) is 0 Å². The first kappa shape index (κ1) is 72.6. The molecule has 0 aliphatic rings. The topological polar surface area (TPSA) is 100 Å². The Morgan fingerprint density at radius 3 is 1.15 bits per heavy atom. The van der Waals surface area contributed by atoms with Crippen LogP contribution in [0.4, 0.5) is 17.6 Å². The molecule has 22 aromatic rings. The van der Waals surface area contributed by atoms with Crippen molar-refractivity contribution in [1.29, 1.82) is 0 Å². The lowest BCUT2D eigenvalue weighted by Crippen LogP contribution is -2.06. The third-order valence-electron chi connectivity index (χ3n) is 22.5. The van der Waals surface area contributed by atoms with Crippen molar-refractivity contribution in [1.82, 2.24) is 39.0 Å². The van der Waals surface area contributed by atoms with Crippen molar-refractivity contribution in [2.75, 3.05) is 0 Å². The van der Waals surface area contributed by atoms with E-state index in [-0.39, 0.29) is 0 Å². The molecule has 0 atom stereocenters. The second kappa shape index (κ2) is 29.9. The number of thiophene rings is 1. The smallest absolute Gasteiger partial charge is 0.416 e. The van der Waals surface area contributed by atoms with Crippen LogP contribution in [0.25, 0.3) is 210 Å². The summed E-state index contributed by atoms with van der Waals surface area (Å²) in [5.41, 5.74) is 20.6. The molecule has 0 fully saturated rings. The lowest BCUT2D eigenvalue weighted by molar-refractivity contribution is -0.137. The molecule has 0 N–H and O–H groups in total. The van der Waals surface area contributed by atoms with Gasteiger partial charge in [-0.05, 0) is 127 Å². The normalized spacial score (nSPS) is 11.8. The van der Waals surface area contributed by atoms with Gasteiger partial charge in [-0.2, -0.15) is 13.2 Å². The van der Waals surface area contributed by atoms with Crippen molar-refractivity contribution >= 4 is 97.1 Å². The number of para-hydroxylation sites is 3. The molecule has 0 radical (unpaired) electrons. The van der Waals surface area contributed by atoms with Crippen molar-refractivity contribution in [2.45, 2.75) is 26.7 Å². The number of hydrogen-bond acceptors (Lipinski definition) is 8. The SMILES string of the molecule is Cc1cccc(-c2cc(-c3nc(-c4ccccc4)nc(-c4ccccc4)n3)cc(-c3cccc(C(F)(F)F)c3)c2-n2c3ccccc3c3c4oc5ccccc5c4ccc32)c1.Cc1cccc(-c2cc(-c3nc(-c4ccccc4)nc(-c4ccccc4)n3)cc(-c3cccc(CF)c3)c2-n2c3ccccc3c3c4sc5ccccc5c4ccc32)c1. The van der Waals surface area contributed by atoms with Crippen LogP contribution in [-0.2, 0) is 12.9 Å². The van der Waals surface area contributed by atoms with Gasteiger partial charge in [-0.25, -0.2) is 34.3 Å². The van der Waals surface area contributed by atoms with Gasteiger partial charge in [-0.3, -0.25) is 0 Å². The van der Waals surface area contributed by atoms with Gasteiger partial charge in [0.25, 0.3) is 0 Å². The van der Waals surface area contributed by atoms with Crippen LogP contribution in [0.5, 0.6) is 0 Å². The molecule has 0 aliphatic heterocycles. The molecule has 0 aliphatic carbocycles. The third kappa shape index (κ3) is 13.0. The molecule has 120 heavy (non-hydrogen) atoms. The molecular weight excluding hydrogens is 1510 g/mol. The fraction of sp³-hybridized carbons (Fsp3) is 0.0377. The largest absolute Gasteiger partial charge is 0.455 e. The number of halogens is 4. The van der Waals surface area contributed by atoms with Gasteiger partial charge in [0.2, 0.25) is 0 Å². The molecule has 6 heterocycles. The number of furan rings is 1. The van der Waals surface area contributed by atoms with Gasteiger partial charge in [-0.15, -0.1) is 11.3 Å². The molecule has 22 rings (SSSR count). The predicted octanol–water partition coefficient (Wildman–Crippen LogP) is 29.0. The molecule has 572 valence electrons. The number of fused-ring (bicyclic) bond motifs is 14. The van der Waals surface area contributed by atoms with Gasteiger partial charge < -0.3 is 13.6 Å². The highest BCUT2D eigenvalue weighted by molar-refractivity contribution is 7.26. The number of benzene rings is 16. The van der Waals surface area contributed by atoms with E-state index in [1.807, 2.05) is 212 Å². The zero-order valence-electron chi connectivity index (χ0n) is 64.8. The van der Waals surface area contributed by atoms with E-state index in [0.717, 1.165) is 139 Å². The van der Waals surface area contributed by atoms with Crippen molar-refractivity contribution < 1.29 is 22.0 Å². The standard InChI is InChI=1S/C53H33F3N4O.C53H35FN4S/c1-32-14-12-19-35(28-32)42-30-37(52-58-50(33-15-4-2-5-16-33)57-51(59-52)34-17-6-3-7-18-34)31-43(36-20-13-21-38(29-36)53(54,55)56)48(42)60-44-24-10-8-23-41(44)47-45(60)27-26-40-39-22-9-11-25-46(39)61-49(40)47;1-33-14-12-20-37(28-33)43-30-39(53-56-51(35-16-4-2-5-17-35)55-52(57-53)36-18-6-3-7-19-36)31-44(38-21-13-15-34(29-38)32-54)49(43)58-45-24-10-8-23-42(45)48-46(58)27-26-41-40-22-9-11-25-47(40)59-50(41)48/h2-31H,1H3;2-31H,32H2,1H3. The maximum absolute atomic E-state index is 14.6. The molecule has 16 aromatic carbocycles. The summed E-state index contributed by atoms with van der Waals surface area (Å²) in [7, 11) is 0. The van der Waals surface area contributed by atoms with E-state index in [0.29, 0.717) is 62.9 Å². The van der Waals surface area contributed by atoms with Crippen molar-refractivity contribution in [3.05, 3.63) is 386 Å². The molecular formula is C106H68F4N8OS. The minimum Gasteiger partial charge on any atom is -0.455 e. The summed E-state index contributed by atoms with van der Waals surface area (Å²) in [5, 5.41) is 8.78. The van der Waals surface area contributed by atoms with E-state index in [9.17, 15) is 17.6 Å². The molecule has 0 spiro atoms. The van der Waals surface area contributed by atoms with Crippen LogP contribution < -0.4 is 0 Å². The lowest BCUT2D eigenvalue weighted by Gasteiger charge is -2.22. The highest BCUT2D eigenvalue weighted by atomic mass is 32.1. The first-order valence-corrected chi connectivity index (χ1v) is 40.5. The summed E-state index contributed by atoms with van der Waals surface area (Å²) >= 11 is 1.84. The summed E-state index contributed by atoms with van der Waals surface area (Å²) in [6, 6.07) is 120. The Morgan fingerprint density at radius 1 is 0.300 bits per heavy atom. The van der Waals surface area contributed by atoms with Crippen molar-refractivity contribution in [3.63, 3.8) is 0 Å². The number of hydrogen-bond donors (Lipinski definition) is 0. The number of aromatic nitrogens is 8. The minimum absolute atomic E-state index is 0.382. The average molecular weight is 1580 g/mol. The van der Waals surface area contributed by atoms with Crippen LogP contribution >= 0.6 is 11.3 Å². The first-order valence-electron chi connectivity index (χ1n) is 39.6. The number of alkyl halides is 4. The van der Waals surface area contributed by atoms with E-state index in [1.54, 1.807) is 6.07 Å². The molecule has 0 unspecified atom stereocenters. The third-order valence-corrected chi connectivity index (χ3v) is 23.7. The summed E-state index contributed by atoms with van der Waals surface area (Å²) < 4.78 is 72.2. The van der Waals surface area contributed by atoms with E-state index in [4.69, 9.17) is 34.3 Å². The second-order valence-electron chi connectivity index (χ2n) is 30.1. The summed E-state index contributed by atoms with van der Waals surface area (Å²) in [5.74, 6) is 3.06. The van der Waals surface area contributed by atoms with Crippen LogP contribution in [-0.4, -0.2) is 39.0 Å². The fourth-order valence-corrected chi connectivity index (χ4v) is 18.3. The van der Waals surface area contributed by atoms with Gasteiger partial charge in [0.15, 0.2) is 34.9 Å². The molecule has 0 saturated carbocycles. The maximum Gasteiger partial charge on any atom is 0.416 e. The van der Waals surface area contributed by atoms with E-state index in [1.165, 1.54) is 43.1 Å². The Bertz CT molecular complexity index is 7670. The Morgan fingerprint density at radius 2 is 0.675 bits per heavy atom. The Kier molecular flexibility index (Phi) is 18.1. The number of rotatable bonds is 13. The number of aryl methyl sites for hydroxylation is 2. The fourth-order valence-electron chi connectivity index (χ4n) is 17.0. The van der Waals surface area contributed by atoms with E-state index in [2.05, 4.69) is 162 Å². The first-order chi connectivity index (χ1) is 58.9. The quantitative estimate of drug-likeness (QED) is 0.106. The van der Waals surface area contributed by atoms with E-state index < -0.39 is 18.4 Å². The average Bonchev–Trinajstić information content (AvgIpc) is 1.55. The predicted molar refractivity (Wildman–Crippen MR) is 482 cm³/mol. The molecule has 6 aromatic heterocycles. The molecule has 0 bridgehead atoms. The molecule has 14 heteroatoms. The minimum atomic E-state index is -4.57. The zero-order valence-corrected chi connectivity index (χ0v) is 65.6. The lowest BCUT2D eigenvalue weighted by atomic mass is 9.91.